The fourth-order valence-corrected chi connectivity index (χ4v) is 2.80. The zero-order valence-corrected chi connectivity index (χ0v) is 11.2. The van der Waals surface area contributed by atoms with E-state index in [0.717, 1.165) is 18.1 Å². The lowest BCUT2D eigenvalue weighted by atomic mass is 9.82. The van der Waals surface area contributed by atoms with E-state index in [4.69, 9.17) is 4.74 Å². The van der Waals surface area contributed by atoms with Crippen LogP contribution in [0, 0.1) is 5.92 Å². The van der Waals surface area contributed by atoms with Gasteiger partial charge in [0, 0.05) is 11.7 Å². The Morgan fingerprint density at radius 1 is 1.28 bits per heavy atom. The minimum Gasteiger partial charge on any atom is -0.497 e. The van der Waals surface area contributed by atoms with E-state index in [9.17, 15) is 0 Å². The van der Waals surface area contributed by atoms with Crippen LogP contribution in [-0.2, 0) is 0 Å². The Kier molecular flexibility index (Phi) is 4.68. The van der Waals surface area contributed by atoms with E-state index < -0.39 is 0 Å². The molecule has 1 aromatic rings. The van der Waals surface area contributed by atoms with Gasteiger partial charge in [-0.3, -0.25) is 0 Å². The second-order valence-corrected chi connectivity index (χ2v) is 5.05. The maximum Gasteiger partial charge on any atom is 0.119 e. The van der Waals surface area contributed by atoms with Crippen molar-refractivity contribution in [1.82, 2.24) is 0 Å². The number of rotatable bonds is 5. The Labute approximate surface area is 110 Å². The first-order valence-electron chi connectivity index (χ1n) is 6.85. The summed E-state index contributed by atoms with van der Waals surface area (Å²) in [5, 5.41) is 3.66. The molecule has 1 aliphatic rings. The predicted molar refractivity (Wildman–Crippen MR) is 77.2 cm³/mol. The third-order valence-corrected chi connectivity index (χ3v) is 3.82. The normalized spacial score (nSPS) is 23.4. The number of allylic oxidation sites excluding steroid dienone is 1. The van der Waals surface area contributed by atoms with Crippen LogP contribution >= 0.6 is 0 Å². The van der Waals surface area contributed by atoms with Crippen molar-refractivity contribution in [1.29, 1.82) is 0 Å². The van der Waals surface area contributed by atoms with Crippen LogP contribution in [0.1, 0.15) is 32.1 Å². The highest BCUT2D eigenvalue weighted by molar-refractivity contribution is 5.47. The van der Waals surface area contributed by atoms with Crippen LogP contribution in [-0.4, -0.2) is 13.2 Å². The Bertz CT molecular complexity index is 371. The number of hydrogen-bond acceptors (Lipinski definition) is 2. The Balaban J connectivity index is 1.98. The van der Waals surface area contributed by atoms with Gasteiger partial charge in [0.1, 0.15) is 5.75 Å². The number of ether oxygens (including phenoxy) is 1. The number of hydrogen-bond donors (Lipinski definition) is 1. The maximum atomic E-state index is 5.18. The highest BCUT2D eigenvalue weighted by Crippen LogP contribution is 2.30. The molecule has 1 fully saturated rings. The molecule has 2 unspecified atom stereocenters. The molecule has 0 aliphatic heterocycles. The van der Waals surface area contributed by atoms with Gasteiger partial charge in [-0.2, -0.15) is 0 Å². The Morgan fingerprint density at radius 2 is 2.00 bits per heavy atom. The van der Waals surface area contributed by atoms with Crippen molar-refractivity contribution in [2.45, 2.75) is 38.1 Å². The minimum absolute atomic E-state index is 0.588. The largest absolute Gasteiger partial charge is 0.497 e. The first kappa shape index (κ1) is 13.0. The van der Waals surface area contributed by atoms with Gasteiger partial charge in [0.15, 0.2) is 0 Å². The zero-order chi connectivity index (χ0) is 12.8. The lowest BCUT2D eigenvalue weighted by Gasteiger charge is -2.32. The Morgan fingerprint density at radius 3 is 2.67 bits per heavy atom. The first-order valence-corrected chi connectivity index (χ1v) is 6.85. The molecule has 1 aliphatic carbocycles. The third kappa shape index (κ3) is 3.28. The van der Waals surface area contributed by atoms with Crippen molar-refractivity contribution >= 4 is 5.69 Å². The highest BCUT2D eigenvalue weighted by Gasteiger charge is 2.23. The number of nitrogens with one attached hydrogen (secondary N) is 1. The molecule has 2 heteroatoms. The lowest BCUT2D eigenvalue weighted by Crippen LogP contribution is -2.31. The van der Waals surface area contributed by atoms with E-state index in [1.165, 1.54) is 31.4 Å². The molecule has 18 heavy (non-hydrogen) atoms. The molecule has 2 atom stereocenters. The number of methoxy groups -OCH3 is 1. The van der Waals surface area contributed by atoms with Crippen molar-refractivity contribution < 1.29 is 4.74 Å². The number of anilines is 1. The smallest absolute Gasteiger partial charge is 0.119 e. The SMILES string of the molecule is C=CCC1CCCCC1Nc1ccc(OC)cc1. The van der Waals surface area contributed by atoms with Crippen LogP contribution in [0.3, 0.4) is 0 Å². The van der Waals surface area contributed by atoms with E-state index in [1.54, 1.807) is 7.11 Å². The van der Waals surface area contributed by atoms with Crippen molar-refractivity contribution in [2.75, 3.05) is 12.4 Å². The van der Waals surface area contributed by atoms with Gasteiger partial charge in [-0.1, -0.05) is 18.9 Å². The molecular weight excluding hydrogens is 222 g/mol. The molecule has 0 saturated heterocycles. The van der Waals surface area contributed by atoms with Gasteiger partial charge in [0.2, 0.25) is 0 Å². The molecular formula is C16H23NO. The minimum atomic E-state index is 0.588. The average molecular weight is 245 g/mol. The molecule has 2 rings (SSSR count). The summed E-state index contributed by atoms with van der Waals surface area (Å²) in [7, 11) is 1.70. The van der Waals surface area contributed by atoms with Gasteiger partial charge in [-0.15, -0.1) is 6.58 Å². The molecule has 0 spiro atoms. The van der Waals surface area contributed by atoms with Crippen molar-refractivity contribution in [2.24, 2.45) is 5.92 Å². The van der Waals surface area contributed by atoms with Gasteiger partial charge in [0.05, 0.1) is 7.11 Å². The van der Waals surface area contributed by atoms with Gasteiger partial charge < -0.3 is 10.1 Å². The van der Waals surface area contributed by atoms with E-state index in [2.05, 4.69) is 30.1 Å². The summed E-state index contributed by atoms with van der Waals surface area (Å²) in [6.07, 6.45) is 8.46. The van der Waals surface area contributed by atoms with Crippen molar-refractivity contribution in [3.8, 4) is 5.75 Å². The quantitative estimate of drug-likeness (QED) is 0.783. The van der Waals surface area contributed by atoms with Gasteiger partial charge in [-0.25, -0.2) is 0 Å². The van der Waals surface area contributed by atoms with E-state index in [-0.39, 0.29) is 0 Å². The molecule has 0 aromatic heterocycles. The predicted octanol–water partition coefficient (Wildman–Crippen LogP) is 4.24. The van der Waals surface area contributed by atoms with E-state index in [1.807, 2.05) is 12.1 Å². The molecule has 1 N–H and O–H groups in total. The second kappa shape index (κ2) is 6.48. The summed E-state index contributed by atoms with van der Waals surface area (Å²) in [6, 6.07) is 8.79. The molecule has 0 bridgehead atoms. The standard InChI is InChI=1S/C16H23NO/c1-3-6-13-7-4-5-8-16(13)17-14-9-11-15(18-2)12-10-14/h3,9-13,16-17H,1,4-8H2,2H3. The molecule has 98 valence electrons. The van der Waals surface area contributed by atoms with E-state index in [0.29, 0.717) is 6.04 Å². The molecule has 0 radical (unpaired) electrons. The van der Waals surface area contributed by atoms with Crippen LogP contribution in [0.4, 0.5) is 5.69 Å². The third-order valence-electron chi connectivity index (χ3n) is 3.82. The monoisotopic (exact) mass is 245 g/mol. The Hall–Kier alpha value is -1.44. The summed E-state index contributed by atoms with van der Waals surface area (Å²) in [5.74, 6) is 1.64. The van der Waals surface area contributed by atoms with Gasteiger partial charge in [-0.05, 0) is 49.4 Å². The maximum absolute atomic E-state index is 5.18. The fraction of sp³-hybridized carbons (Fsp3) is 0.500. The van der Waals surface area contributed by atoms with E-state index >= 15 is 0 Å². The lowest BCUT2D eigenvalue weighted by molar-refractivity contribution is 0.328. The fourth-order valence-electron chi connectivity index (χ4n) is 2.80. The zero-order valence-electron chi connectivity index (χ0n) is 11.2. The summed E-state index contributed by atoms with van der Waals surface area (Å²) in [4.78, 5) is 0. The van der Waals surface area contributed by atoms with Crippen LogP contribution < -0.4 is 10.1 Å². The average Bonchev–Trinajstić information content (AvgIpc) is 2.42. The van der Waals surface area contributed by atoms with Gasteiger partial charge >= 0.3 is 0 Å². The topological polar surface area (TPSA) is 21.3 Å². The molecule has 1 saturated carbocycles. The van der Waals surface area contributed by atoms with Crippen LogP contribution in [0.5, 0.6) is 5.75 Å². The molecule has 0 amide bonds. The molecule has 2 nitrogen and oxygen atoms in total. The van der Waals surface area contributed by atoms with Crippen LogP contribution in [0.15, 0.2) is 36.9 Å². The van der Waals surface area contributed by atoms with Crippen LogP contribution in [0.25, 0.3) is 0 Å². The van der Waals surface area contributed by atoms with Crippen LogP contribution in [0.2, 0.25) is 0 Å². The summed E-state index contributed by atoms with van der Waals surface area (Å²) >= 11 is 0. The van der Waals surface area contributed by atoms with Crippen molar-refractivity contribution in [3.05, 3.63) is 36.9 Å². The number of benzene rings is 1. The molecule has 0 heterocycles. The first-order chi connectivity index (χ1) is 8.83. The summed E-state index contributed by atoms with van der Waals surface area (Å²) in [5.41, 5.74) is 1.19. The summed E-state index contributed by atoms with van der Waals surface area (Å²) < 4.78 is 5.18. The second-order valence-electron chi connectivity index (χ2n) is 5.05. The van der Waals surface area contributed by atoms with Crippen molar-refractivity contribution in [3.63, 3.8) is 0 Å². The van der Waals surface area contributed by atoms with Gasteiger partial charge in [0.25, 0.3) is 0 Å². The molecule has 1 aromatic carbocycles. The highest BCUT2D eigenvalue weighted by atomic mass is 16.5. The summed E-state index contributed by atoms with van der Waals surface area (Å²) in [6.45, 7) is 3.87.